The molecular weight excluding hydrogens is 276 g/mol. The van der Waals surface area contributed by atoms with Crippen molar-refractivity contribution in [3.8, 4) is 0 Å². The molecule has 0 spiro atoms. The van der Waals surface area contributed by atoms with E-state index in [1.165, 1.54) is 0 Å². The third-order valence-electron chi connectivity index (χ3n) is 3.32. The van der Waals surface area contributed by atoms with Crippen LogP contribution in [0.25, 0.3) is 0 Å². The molecule has 6 heteroatoms. The van der Waals surface area contributed by atoms with E-state index in [2.05, 4.69) is 20.7 Å². The van der Waals surface area contributed by atoms with Gasteiger partial charge in [0.1, 0.15) is 0 Å². The SMILES string of the molecule is c1ccc(N=NN2CCN(N=Nc3ccccc3)CC2)cc1. The Morgan fingerprint density at radius 2 is 0.909 bits per heavy atom. The molecular formula is C16H18N6. The summed E-state index contributed by atoms with van der Waals surface area (Å²) < 4.78 is 0. The van der Waals surface area contributed by atoms with Crippen LogP contribution in [0.5, 0.6) is 0 Å². The van der Waals surface area contributed by atoms with E-state index in [4.69, 9.17) is 0 Å². The molecule has 2 aromatic carbocycles. The van der Waals surface area contributed by atoms with Gasteiger partial charge < -0.3 is 0 Å². The number of piperazine rings is 1. The van der Waals surface area contributed by atoms with E-state index in [9.17, 15) is 0 Å². The average molecular weight is 294 g/mol. The summed E-state index contributed by atoms with van der Waals surface area (Å²) in [7, 11) is 0. The minimum absolute atomic E-state index is 0.796. The van der Waals surface area contributed by atoms with Crippen LogP contribution >= 0.6 is 0 Å². The van der Waals surface area contributed by atoms with Gasteiger partial charge in [-0.05, 0) is 24.3 Å². The third-order valence-corrected chi connectivity index (χ3v) is 3.32. The highest BCUT2D eigenvalue weighted by atomic mass is 15.6. The zero-order valence-electron chi connectivity index (χ0n) is 12.3. The summed E-state index contributed by atoms with van der Waals surface area (Å²) >= 11 is 0. The predicted octanol–water partition coefficient (Wildman–Crippen LogP) is 4.00. The molecule has 0 amide bonds. The van der Waals surface area contributed by atoms with Gasteiger partial charge in [0.2, 0.25) is 0 Å². The zero-order chi connectivity index (χ0) is 15.0. The molecule has 0 bridgehead atoms. The van der Waals surface area contributed by atoms with Crippen molar-refractivity contribution in [1.29, 1.82) is 0 Å². The lowest BCUT2D eigenvalue weighted by Gasteiger charge is -2.29. The van der Waals surface area contributed by atoms with Gasteiger partial charge in [-0.25, -0.2) is 0 Å². The second-order valence-corrected chi connectivity index (χ2v) is 4.96. The summed E-state index contributed by atoms with van der Waals surface area (Å²) in [6, 6.07) is 19.5. The van der Waals surface area contributed by atoms with Crippen LogP contribution in [0.3, 0.4) is 0 Å². The summed E-state index contributed by atoms with van der Waals surface area (Å²) in [6.45, 7) is 3.18. The van der Waals surface area contributed by atoms with Gasteiger partial charge in [0, 0.05) is 0 Å². The molecule has 0 aliphatic carbocycles. The van der Waals surface area contributed by atoms with E-state index in [0.29, 0.717) is 0 Å². The predicted molar refractivity (Wildman–Crippen MR) is 85.1 cm³/mol. The molecule has 0 unspecified atom stereocenters. The minimum Gasteiger partial charge on any atom is -0.275 e. The van der Waals surface area contributed by atoms with E-state index in [1.54, 1.807) is 0 Å². The number of hydrogen-bond donors (Lipinski definition) is 0. The summed E-state index contributed by atoms with van der Waals surface area (Å²) in [6.07, 6.45) is 0. The van der Waals surface area contributed by atoms with E-state index in [1.807, 2.05) is 70.7 Å². The van der Waals surface area contributed by atoms with Gasteiger partial charge in [0.05, 0.1) is 37.6 Å². The van der Waals surface area contributed by atoms with Crippen molar-refractivity contribution in [2.75, 3.05) is 26.2 Å². The first-order valence-electron chi connectivity index (χ1n) is 7.33. The van der Waals surface area contributed by atoms with Crippen molar-refractivity contribution in [2.45, 2.75) is 0 Å². The fraction of sp³-hybridized carbons (Fsp3) is 0.250. The first-order chi connectivity index (χ1) is 10.9. The maximum Gasteiger partial charge on any atom is 0.0874 e. The lowest BCUT2D eigenvalue weighted by atomic mass is 10.3. The Morgan fingerprint density at radius 3 is 1.27 bits per heavy atom. The first-order valence-corrected chi connectivity index (χ1v) is 7.33. The number of nitrogens with zero attached hydrogens (tertiary/aromatic N) is 6. The number of hydrogen-bond acceptors (Lipinski definition) is 4. The standard InChI is InChI=1S/C16H18N6/c1-3-7-15(8-4-1)17-19-21-11-13-22(14-12-21)20-18-16-9-5-2-6-10-16/h1-10H,11-14H2. The van der Waals surface area contributed by atoms with Gasteiger partial charge in [0.15, 0.2) is 0 Å². The molecule has 1 aliphatic heterocycles. The second kappa shape index (κ2) is 7.31. The first kappa shape index (κ1) is 14.2. The van der Waals surface area contributed by atoms with E-state index < -0.39 is 0 Å². The fourth-order valence-corrected chi connectivity index (χ4v) is 2.08. The Morgan fingerprint density at radius 1 is 0.545 bits per heavy atom. The van der Waals surface area contributed by atoms with Gasteiger partial charge in [0.25, 0.3) is 0 Å². The van der Waals surface area contributed by atoms with Crippen molar-refractivity contribution < 1.29 is 0 Å². The van der Waals surface area contributed by atoms with Gasteiger partial charge in [-0.15, -0.1) is 10.2 Å². The monoisotopic (exact) mass is 294 g/mol. The van der Waals surface area contributed by atoms with Crippen LogP contribution in [-0.2, 0) is 0 Å². The summed E-state index contributed by atoms with van der Waals surface area (Å²) in [5, 5.41) is 20.9. The molecule has 0 radical (unpaired) electrons. The van der Waals surface area contributed by atoms with Crippen LogP contribution < -0.4 is 0 Å². The van der Waals surface area contributed by atoms with Crippen molar-refractivity contribution in [3.63, 3.8) is 0 Å². The summed E-state index contributed by atoms with van der Waals surface area (Å²) in [5.41, 5.74) is 1.74. The largest absolute Gasteiger partial charge is 0.275 e. The maximum atomic E-state index is 4.27. The molecule has 0 saturated carbocycles. The van der Waals surface area contributed by atoms with Crippen LogP contribution in [0.4, 0.5) is 11.4 Å². The van der Waals surface area contributed by atoms with Crippen molar-refractivity contribution in [3.05, 3.63) is 60.7 Å². The van der Waals surface area contributed by atoms with Gasteiger partial charge in [-0.3, -0.25) is 10.0 Å². The Balaban J connectivity index is 1.48. The molecule has 0 aromatic heterocycles. The molecule has 6 nitrogen and oxygen atoms in total. The number of rotatable bonds is 4. The normalized spacial score (nSPS) is 15.8. The van der Waals surface area contributed by atoms with Crippen molar-refractivity contribution in [1.82, 2.24) is 10.0 Å². The molecule has 2 aromatic rings. The Labute approximate surface area is 129 Å². The van der Waals surface area contributed by atoms with Gasteiger partial charge >= 0.3 is 0 Å². The van der Waals surface area contributed by atoms with Crippen LogP contribution in [0, 0.1) is 0 Å². The lowest BCUT2D eigenvalue weighted by Crippen LogP contribution is -2.40. The molecule has 1 fully saturated rings. The highest BCUT2D eigenvalue weighted by Crippen LogP contribution is 2.14. The quantitative estimate of drug-likeness (QED) is 0.800. The fourth-order valence-electron chi connectivity index (χ4n) is 2.08. The highest BCUT2D eigenvalue weighted by molar-refractivity contribution is 5.35. The Hall–Kier alpha value is -2.76. The summed E-state index contributed by atoms with van der Waals surface area (Å²) in [5.74, 6) is 0. The zero-order valence-corrected chi connectivity index (χ0v) is 12.3. The van der Waals surface area contributed by atoms with Crippen LogP contribution in [-0.4, -0.2) is 36.2 Å². The molecule has 1 heterocycles. The van der Waals surface area contributed by atoms with E-state index in [0.717, 1.165) is 37.6 Å². The minimum atomic E-state index is 0.796. The second-order valence-electron chi connectivity index (χ2n) is 4.96. The third kappa shape index (κ3) is 4.12. The van der Waals surface area contributed by atoms with Crippen molar-refractivity contribution >= 4 is 11.4 Å². The molecule has 3 rings (SSSR count). The van der Waals surface area contributed by atoms with Crippen molar-refractivity contribution in [2.24, 2.45) is 20.7 Å². The van der Waals surface area contributed by atoms with Crippen LogP contribution in [0.1, 0.15) is 0 Å². The van der Waals surface area contributed by atoms with E-state index in [-0.39, 0.29) is 0 Å². The summed E-state index contributed by atoms with van der Waals surface area (Å²) in [4.78, 5) is 0. The molecule has 112 valence electrons. The molecule has 1 saturated heterocycles. The molecule has 1 aliphatic rings. The molecule has 0 atom stereocenters. The highest BCUT2D eigenvalue weighted by Gasteiger charge is 2.14. The van der Waals surface area contributed by atoms with Gasteiger partial charge in [-0.1, -0.05) is 46.8 Å². The molecule has 0 N–H and O–H groups in total. The smallest absolute Gasteiger partial charge is 0.0874 e. The topological polar surface area (TPSA) is 55.9 Å². The number of benzene rings is 2. The average Bonchev–Trinajstić information content (AvgIpc) is 2.61. The van der Waals surface area contributed by atoms with E-state index >= 15 is 0 Å². The Bertz CT molecular complexity index is 560. The molecule has 22 heavy (non-hydrogen) atoms. The van der Waals surface area contributed by atoms with Crippen LogP contribution in [0.2, 0.25) is 0 Å². The Kier molecular flexibility index (Phi) is 4.71. The lowest BCUT2D eigenvalue weighted by molar-refractivity contribution is 0.126. The van der Waals surface area contributed by atoms with Gasteiger partial charge in [-0.2, -0.15) is 0 Å². The maximum absolute atomic E-state index is 4.27. The van der Waals surface area contributed by atoms with Crippen LogP contribution in [0.15, 0.2) is 81.3 Å².